The van der Waals surface area contributed by atoms with Crippen molar-refractivity contribution < 1.29 is 4.74 Å². The van der Waals surface area contributed by atoms with Gasteiger partial charge in [-0.25, -0.2) is 0 Å². The molecule has 0 aromatic heterocycles. The zero-order valence-corrected chi connectivity index (χ0v) is 10.0. The molecule has 3 heteroatoms. The highest BCUT2D eigenvalue weighted by molar-refractivity contribution is 9.10. The Morgan fingerprint density at radius 3 is 2.93 bits per heavy atom. The highest BCUT2D eigenvalue weighted by Crippen LogP contribution is 2.38. The SMILES string of the molecule is Cc1cc2c(c(C)c1Br)[C@@H](N)CCO2. The van der Waals surface area contributed by atoms with Crippen molar-refractivity contribution in [3.8, 4) is 5.75 Å². The number of rotatable bonds is 0. The molecule has 0 saturated carbocycles. The van der Waals surface area contributed by atoms with Crippen LogP contribution < -0.4 is 10.5 Å². The maximum Gasteiger partial charge on any atom is 0.124 e. The van der Waals surface area contributed by atoms with Gasteiger partial charge in [0.25, 0.3) is 0 Å². The van der Waals surface area contributed by atoms with Gasteiger partial charge in [-0.2, -0.15) is 0 Å². The first-order chi connectivity index (χ1) is 6.61. The first kappa shape index (κ1) is 9.99. The number of aryl methyl sites for hydroxylation is 1. The van der Waals surface area contributed by atoms with Crippen LogP contribution in [0, 0.1) is 13.8 Å². The lowest BCUT2D eigenvalue weighted by atomic mass is 9.95. The van der Waals surface area contributed by atoms with E-state index >= 15 is 0 Å². The summed E-state index contributed by atoms with van der Waals surface area (Å²) in [5.41, 5.74) is 9.65. The average Bonchev–Trinajstić information content (AvgIpc) is 2.14. The van der Waals surface area contributed by atoms with Crippen LogP contribution in [0.5, 0.6) is 5.75 Å². The van der Waals surface area contributed by atoms with E-state index in [1.165, 1.54) is 11.1 Å². The van der Waals surface area contributed by atoms with E-state index in [-0.39, 0.29) is 6.04 Å². The second-order valence-electron chi connectivity index (χ2n) is 3.79. The molecule has 0 aliphatic carbocycles. The Kier molecular flexibility index (Phi) is 2.54. The molecule has 2 nitrogen and oxygen atoms in total. The molecule has 1 aromatic rings. The van der Waals surface area contributed by atoms with Crippen LogP contribution in [0.2, 0.25) is 0 Å². The minimum atomic E-state index is 0.121. The van der Waals surface area contributed by atoms with Gasteiger partial charge in [-0.1, -0.05) is 15.9 Å². The highest BCUT2D eigenvalue weighted by Gasteiger charge is 2.22. The molecule has 1 aromatic carbocycles. The number of benzene rings is 1. The number of halogens is 1. The van der Waals surface area contributed by atoms with Crippen LogP contribution in [0.4, 0.5) is 0 Å². The summed E-state index contributed by atoms with van der Waals surface area (Å²) in [6, 6.07) is 2.18. The molecule has 1 aliphatic rings. The van der Waals surface area contributed by atoms with Crippen molar-refractivity contribution in [3.63, 3.8) is 0 Å². The minimum absolute atomic E-state index is 0.121. The van der Waals surface area contributed by atoms with Crippen LogP contribution in [0.25, 0.3) is 0 Å². The molecule has 0 bridgehead atoms. The largest absolute Gasteiger partial charge is 0.493 e. The van der Waals surface area contributed by atoms with Gasteiger partial charge in [0.05, 0.1) is 6.61 Å². The Bertz CT molecular complexity index is 376. The van der Waals surface area contributed by atoms with E-state index in [1.807, 2.05) is 0 Å². The second-order valence-corrected chi connectivity index (χ2v) is 4.58. The molecule has 0 saturated heterocycles. The van der Waals surface area contributed by atoms with Gasteiger partial charge in [-0.15, -0.1) is 0 Å². The lowest BCUT2D eigenvalue weighted by molar-refractivity contribution is 0.268. The first-order valence-electron chi connectivity index (χ1n) is 4.79. The fourth-order valence-electron chi connectivity index (χ4n) is 1.96. The summed E-state index contributed by atoms with van der Waals surface area (Å²) in [5, 5.41) is 0. The van der Waals surface area contributed by atoms with Crippen LogP contribution >= 0.6 is 15.9 Å². The van der Waals surface area contributed by atoms with Crippen molar-refractivity contribution in [2.45, 2.75) is 26.3 Å². The maximum absolute atomic E-state index is 6.07. The van der Waals surface area contributed by atoms with Gasteiger partial charge in [-0.3, -0.25) is 0 Å². The summed E-state index contributed by atoms with van der Waals surface area (Å²) in [7, 11) is 0. The van der Waals surface area contributed by atoms with Gasteiger partial charge in [0, 0.05) is 22.5 Å². The third-order valence-corrected chi connectivity index (χ3v) is 3.97. The molecular weight excluding hydrogens is 242 g/mol. The molecule has 1 atom stereocenters. The normalized spacial score (nSPS) is 20.1. The molecule has 0 unspecified atom stereocenters. The molecule has 0 fully saturated rings. The maximum atomic E-state index is 6.07. The van der Waals surface area contributed by atoms with E-state index in [0.29, 0.717) is 0 Å². The van der Waals surface area contributed by atoms with Gasteiger partial charge < -0.3 is 10.5 Å². The second kappa shape index (κ2) is 3.55. The van der Waals surface area contributed by atoms with Gasteiger partial charge in [0.15, 0.2) is 0 Å². The lowest BCUT2D eigenvalue weighted by Gasteiger charge is -2.26. The zero-order valence-electron chi connectivity index (χ0n) is 8.43. The molecule has 2 N–H and O–H groups in total. The van der Waals surface area contributed by atoms with Gasteiger partial charge in [0.1, 0.15) is 5.75 Å². The summed E-state index contributed by atoms with van der Waals surface area (Å²) in [6.07, 6.45) is 0.906. The summed E-state index contributed by atoms with van der Waals surface area (Å²) in [4.78, 5) is 0. The van der Waals surface area contributed by atoms with Crippen LogP contribution in [-0.2, 0) is 0 Å². The predicted octanol–water partition coefficient (Wildman–Crippen LogP) is 2.85. The Balaban J connectivity index is 2.64. The van der Waals surface area contributed by atoms with E-state index in [0.717, 1.165) is 28.8 Å². The van der Waals surface area contributed by atoms with Crippen LogP contribution in [0.3, 0.4) is 0 Å². The molecule has 1 heterocycles. The highest BCUT2D eigenvalue weighted by atomic mass is 79.9. The van der Waals surface area contributed by atoms with Crippen molar-refractivity contribution in [2.24, 2.45) is 5.73 Å². The molecule has 2 rings (SSSR count). The van der Waals surface area contributed by atoms with Crippen LogP contribution in [-0.4, -0.2) is 6.61 Å². The lowest BCUT2D eigenvalue weighted by Crippen LogP contribution is -2.22. The van der Waals surface area contributed by atoms with Crippen molar-refractivity contribution in [1.82, 2.24) is 0 Å². The standard InChI is InChI=1S/C11H14BrNO/c1-6-5-9-10(7(2)11(6)12)8(13)3-4-14-9/h5,8H,3-4,13H2,1-2H3/t8-/m0/s1. The number of nitrogens with two attached hydrogens (primary N) is 1. The molecule has 0 spiro atoms. The fraction of sp³-hybridized carbons (Fsp3) is 0.455. The van der Waals surface area contributed by atoms with Crippen molar-refractivity contribution >= 4 is 15.9 Å². The third-order valence-electron chi connectivity index (χ3n) is 2.75. The summed E-state index contributed by atoms with van der Waals surface area (Å²) in [6.45, 7) is 4.89. The van der Waals surface area contributed by atoms with E-state index in [2.05, 4.69) is 35.8 Å². The summed E-state index contributed by atoms with van der Waals surface area (Å²) >= 11 is 3.57. The average molecular weight is 256 g/mol. The van der Waals surface area contributed by atoms with Crippen molar-refractivity contribution in [3.05, 3.63) is 27.2 Å². The number of fused-ring (bicyclic) bond motifs is 1. The molecule has 0 radical (unpaired) electrons. The Morgan fingerprint density at radius 2 is 2.21 bits per heavy atom. The quantitative estimate of drug-likeness (QED) is 0.774. The smallest absolute Gasteiger partial charge is 0.124 e. The number of hydrogen-bond acceptors (Lipinski definition) is 2. The topological polar surface area (TPSA) is 35.2 Å². The van der Waals surface area contributed by atoms with E-state index in [1.54, 1.807) is 0 Å². The molecule has 76 valence electrons. The van der Waals surface area contributed by atoms with Crippen LogP contribution in [0.1, 0.15) is 29.2 Å². The minimum Gasteiger partial charge on any atom is -0.493 e. The van der Waals surface area contributed by atoms with Crippen molar-refractivity contribution in [2.75, 3.05) is 6.61 Å². The number of hydrogen-bond donors (Lipinski definition) is 1. The third kappa shape index (κ3) is 1.44. The van der Waals surface area contributed by atoms with Crippen molar-refractivity contribution in [1.29, 1.82) is 0 Å². The molecule has 1 aliphatic heterocycles. The van der Waals surface area contributed by atoms with E-state index in [4.69, 9.17) is 10.5 Å². The summed E-state index contributed by atoms with van der Waals surface area (Å²) < 4.78 is 6.76. The van der Waals surface area contributed by atoms with E-state index < -0.39 is 0 Å². The Morgan fingerprint density at radius 1 is 1.50 bits per heavy atom. The Hall–Kier alpha value is -0.540. The van der Waals surface area contributed by atoms with Crippen LogP contribution in [0.15, 0.2) is 10.5 Å². The number of ether oxygens (including phenoxy) is 1. The van der Waals surface area contributed by atoms with Gasteiger partial charge in [-0.05, 0) is 31.0 Å². The van der Waals surface area contributed by atoms with E-state index in [9.17, 15) is 0 Å². The Labute approximate surface area is 92.6 Å². The predicted molar refractivity (Wildman–Crippen MR) is 60.7 cm³/mol. The summed E-state index contributed by atoms with van der Waals surface area (Å²) in [5.74, 6) is 0.960. The first-order valence-corrected chi connectivity index (χ1v) is 5.58. The molecule has 0 amide bonds. The molecular formula is C11H14BrNO. The van der Waals surface area contributed by atoms with Gasteiger partial charge in [0.2, 0.25) is 0 Å². The molecule has 14 heavy (non-hydrogen) atoms. The zero-order chi connectivity index (χ0) is 10.3. The van der Waals surface area contributed by atoms with Gasteiger partial charge >= 0.3 is 0 Å². The fourth-order valence-corrected chi connectivity index (χ4v) is 2.29. The monoisotopic (exact) mass is 255 g/mol.